The number of benzene rings is 2. The number of carbonyl (C=O) groups is 2. The Labute approximate surface area is 239 Å². The maximum Gasteiger partial charge on any atom is 0.326 e. The van der Waals surface area contributed by atoms with Crippen molar-refractivity contribution >= 4 is 11.9 Å². The Morgan fingerprint density at radius 3 is 2.23 bits per heavy atom. The summed E-state index contributed by atoms with van der Waals surface area (Å²) in [6.45, 7) is 6.88. The van der Waals surface area contributed by atoms with Crippen LogP contribution in [0.25, 0.3) is 0 Å². The number of nitrogens with one attached hydrogen (secondary N) is 1. The van der Waals surface area contributed by atoms with E-state index in [9.17, 15) is 14.7 Å². The molecule has 0 spiro atoms. The third-order valence-electron chi connectivity index (χ3n) is 9.54. The lowest BCUT2D eigenvalue weighted by molar-refractivity contribution is -0.154. The maximum atomic E-state index is 14.3. The van der Waals surface area contributed by atoms with Crippen molar-refractivity contribution in [2.45, 2.75) is 103 Å². The number of carbonyl (C=O) groups excluding carboxylic acids is 1. The molecule has 6 nitrogen and oxygen atoms in total. The summed E-state index contributed by atoms with van der Waals surface area (Å²) in [5.41, 5.74) is 4.48. The van der Waals surface area contributed by atoms with E-state index in [0.29, 0.717) is 6.54 Å². The van der Waals surface area contributed by atoms with Gasteiger partial charge in [-0.25, -0.2) is 4.79 Å². The van der Waals surface area contributed by atoms with Crippen molar-refractivity contribution in [3.63, 3.8) is 0 Å². The van der Waals surface area contributed by atoms with Crippen molar-refractivity contribution in [3.05, 3.63) is 64.7 Å². The van der Waals surface area contributed by atoms with Gasteiger partial charge in [0.25, 0.3) is 0 Å². The number of aryl methyl sites for hydroxylation is 2. The summed E-state index contributed by atoms with van der Waals surface area (Å²) in [4.78, 5) is 29.1. The number of likely N-dealkylation sites (tertiary alicyclic amines) is 1. The minimum atomic E-state index is -0.916. The van der Waals surface area contributed by atoms with Crippen molar-refractivity contribution in [1.82, 2.24) is 10.2 Å². The summed E-state index contributed by atoms with van der Waals surface area (Å²) in [7, 11) is 1.72. The minimum Gasteiger partial charge on any atom is -0.496 e. The molecule has 0 bridgehead atoms. The number of methoxy groups -OCH3 is 1. The molecule has 40 heavy (non-hydrogen) atoms. The molecule has 216 valence electrons. The molecule has 2 aliphatic carbocycles. The molecule has 1 amide bonds. The molecule has 1 heterocycles. The first-order chi connectivity index (χ1) is 19.2. The van der Waals surface area contributed by atoms with Gasteiger partial charge in [0.1, 0.15) is 11.8 Å². The van der Waals surface area contributed by atoms with E-state index >= 15 is 0 Å². The predicted molar refractivity (Wildman–Crippen MR) is 157 cm³/mol. The lowest BCUT2D eigenvalue weighted by Gasteiger charge is -2.36. The second-order valence-electron chi connectivity index (χ2n) is 13.2. The Kier molecular flexibility index (Phi) is 8.55. The molecule has 1 aliphatic heterocycles. The highest BCUT2D eigenvalue weighted by atomic mass is 16.5. The van der Waals surface area contributed by atoms with Crippen LogP contribution in [-0.4, -0.2) is 41.1 Å². The summed E-state index contributed by atoms with van der Waals surface area (Å²) in [5.74, 6) is -0.431. The van der Waals surface area contributed by atoms with Gasteiger partial charge >= 0.3 is 5.97 Å². The molecule has 5 rings (SSSR count). The number of amides is 1. The predicted octanol–water partition coefficient (Wildman–Crippen LogP) is 6.31. The zero-order chi connectivity index (χ0) is 28.4. The highest BCUT2D eigenvalue weighted by Crippen LogP contribution is 2.49. The molecule has 2 aromatic carbocycles. The lowest BCUT2D eigenvalue weighted by Crippen LogP contribution is -2.49. The average molecular weight is 547 g/mol. The smallest absolute Gasteiger partial charge is 0.326 e. The Bertz CT molecular complexity index is 1200. The molecule has 1 saturated heterocycles. The van der Waals surface area contributed by atoms with Gasteiger partial charge in [-0.3, -0.25) is 4.79 Å². The van der Waals surface area contributed by atoms with Crippen LogP contribution in [0.15, 0.2) is 42.5 Å². The first kappa shape index (κ1) is 28.7. The van der Waals surface area contributed by atoms with Crippen LogP contribution in [0.4, 0.5) is 0 Å². The SMILES string of the molecule is COc1cc2c(cc1CN[C@H]1[C@H](C(C)(C)C)[C@@H](C(=O)O)N(C(=O)C3CCCCC3)[C@H]1c1ccccc1)CCCC2. The van der Waals surface area contributed by atoms with Crippen LogP contribution in [0.1, 0.15) is 94.0 Å². The van der Waals surface area contributed by atoms with Gasteiger partial charge in [0.2, 0.25) is 5.91 Å². The highest BCUT2D eigenvalue weighted by molar-refractivity contribution is 5.87. The van der Waals surface area contributed by atoms with E-state index in [2.05, 4.69) is 38.2 Å². The quantitative estimate of drug-likeness (QED) is 0.425. The molecule has 0 unspecified atom stereocenters. The number of carboxylic acid groups (broad SMARTS) is 1. The van der Waals surface area contributed by atoms with E-state index in [4.69, 9.17) is 4.74 Å². The Balaban J connectivity index is 1.56. The molecule has 2 N–H and O–H groups in total. The van der Waals surface area contributed by atoms with E-state index in [0.717, 1.165) is 61.8 Å². The first-order valence-corrected chi connectivity index (χ1v) is 15.2. The molecule has 3 aliphatic rings. The number of hydrogen-bond donors (Lipinski definition) is 2. The average Bonchev–Trinajstić information content (AvgIpc) is 3.32. The van der Waals surface area contributed by atoms with E-state index < -0.39 is 12.0 Å². The zero-order valence-corrected chi connectivity index (χ0v) is 24.6. The van der Waals surface area contributed by atoms with Gasteiger partial charge < -0.3 is 20.1 Å². The zero-order valence-electron chi connectivity index (χ0n) is 24.6. The monoisotopic (exact) mass is 546 g/mol. The van der Waals surface area contributed by atoms with Crippen molar-refractivity contribution in [2.24, 2.45) is 17.3 Å². The second kappa shape index (κ2) is 11.9. The van der Waals surface area contributed by atoms with Crippen LogP contribution >= 0.6 is 0 Å². The topological polar surface area (TPSA) is 78.9 Å². The molecular formula is C34H46N2O4. The molecule has 0 aromatic heterocycles. The maximum absolute atomic E-state index is 14.3. The Morgan fingerprint density at radius 2 is 1.62 bits per heavy atom. The Morgan fingerprint density at radius 1 is 0.975 bits per heavy atom. The van der Waals surface area contributed by atoms with Crippen LogP contribution in [-0.2, 0) is 29.0 Å². The third-order valence-corrected chi connectivity index (χ3v) is 9.54. The number of aliphatic carboxylic acids is 1. The van der Waals surface area contributed by atoms with Crippen molar-refractivity contribution in [3.8, 4) is 5.75 Å². The van der Waals surface area contributed by atoms with E-state index in [-0.39, 0.29) is 35.2 Å². The summed E-state index contributed by atoms with van der Waals surface area (Å²) in [6, 6.07) is 13.0. The highest BCUT2D eigenvalue weighted by Gasteiger charge is 2.58. The first-order valence-electron chi connectivity index (χ1n) is 15.2. The molecular weight excluding hydrogens is 500 g/mol. The fourth-order valence-electron chi connectivity index (χ4n) is 7.66. The van der Waals surface area contributed by atoms with Gasteiger partial charge in [-0.15, -0.1) is 0 Å². The molecule has 0 radical (unpaired) electrons. The van der Waals surface area contributed by atoms with Gasteiger partial charge in [-0.2, -0.15) is 0 Å². The van der Waals surface area contributed by atoms with E-state index in [1.54, 1.807) is 12.0 Å². The molecule has 2 fully saturated rings. The molecule has 2 aromatic rings. The largest absolute Gasteiger partial charge is 0.496 e. The van der Waals surface area contributed by atoms with Crippen LogP contribution in [0.3, 0.4) is 0 Å². The van der Waals surface area contributed by atoms with Gasteiger partial charge in [0.05, 0.1) is 13.2 Å². The number of rotatable bonds is 7. The van der Waals surface area contributed by atoms with Crippen LogP contribution in [0.5, 0.6) is 5.75 Å². The Hall–Kier alpha value is -2.86. The number of nitrogens with zero attached hydrogens (tertiary/aromatic N) is 1. The standard InChI is InChI=1S/C34H46N2O4/c1-34(2,3)28-29(35-21-26-19-24-17-11-12-18-25(24)20-27(26)40-4)30(22-13-7-5-8-14-22)36(31(28)33(38)39)32(37)23-15-9-6-10-16-23/h5,7-8,13-14,19-20,23,28-31,35H,6,9-12,15-18,21H2,1-4H3,(H,38,39)/t28-,29-,30-,31-/m0/s1. The van der Waals surface area contributed by atoms with Gasteiger partial charge in [-0.05, 0) is 66.7 Å². The number of fused-ring (bicyclic) bond motifs is 1. The normalized spacial score (nSPS) is 25.4. The minimum absolute atomic E-state index is 0.00543. The van der Waals surface area contributed by atoms with E-state index in [1.807, 2.05) is 30.3 Å². The number of ether oxygens (including phenoxy) is 1. The second-order valence-corrected chi connectivity index (χ2v) is 13.2. The van der Waals surface area contributed by atoms with Crippen molar-refractivity contribution in [2.75, 3.05) is 7.11 Å². The fraction of sp³-hybridized carbons (Fsp3) is 0.588. The molecule has 4 atom stereocenters. The van der Waals surface area contributed by atoms with Gasteiger partial charge in [0, 0.05) is 30.0 Å². The van der Waals surface area contributed by atoms with Crippen molar-refractivity contribution in [1.29, 1.82) is 0 Å². The summed E-state index contributed by atoms with van der Waals surface area (Å²) in [5, 5.41) is 14.5. The van der Waals surface area contributed by atoms with Crippen LogP contribution in [0.2, 0.25) is 0 Å². The number of hydrogen-bond acceptors (Lipinski definition) is 4. The summed E-state index contributed by atoms with van der Waals surface area (Å²) in [6.07, 6.45) is 9.47. The van der Waals surface area contributed by atoms with Crippen LogP contribution < -0.4 is 10.1 Å². The van der Waals surface area contributed by atoms with Crippen LogP contribution in [0, 0.1) is 17.3 Å². The van der Waals surface area contributed by atoms with Crippen molar-refractivity contribution < 1.29 is 19.4 Å². The third kappa shape index (κ3) is 5.65. The fourth-order valence-corrected chi connectivity index (χ4v) is 7.66. The molecule has 1 saturated carbocycles. The van der Waals surface area contributed by atoms with Gasteiger partial charge in [0.15, 0.2) is 0 Å². The number of carboxylic acids is 1. The van der Waals surface area contributed by atoms with Gasteiger partial charge in [-0.1, -0.05) is 76.4 Å². The summed E-state index contributed by atoms with van der Waals surface area (Å²) >= 11 is 0. The van der Waals surface area contributed by atoms with E-state index in [1.165, 1.54) is 24.0 Å². The lowest BCUT2D eigenvalue weighted by atomic mass is 9.72. The molecule has 6 heteroatoms. The summed E-state index contributed by atoms with van der Waals surface area (Å²) < 4.78 is 5.83.